The molecule has 1 aromatic rings. The number of hydrogen-bond donors (Lipinski definition) is 1. The zero-order valence-corrected chi connectivity index (χ0v) is 11.5. The molecule has 0 bridgehead atoms. The summed E-state index contributed by atoms with van der Waals surface area (Å²) in [5.41, 5.74) is 0.658. The summed E-state index contributed by atoms with van der Waals surface area (Å²) in [6, 6.07) is 9.81. The molecule has 0 spiro atoms. The molecular formula is C16H20N2O2. The van der Waals surface area contributed by atoms with Crippen molar-refractivity contribution in [2.45, 2.75) is 31.4 Å². The summed E-state index contributed by atoms with van der Waals surface area (Å²) >= 11 is 0. The second kappa shape index (κ2) is 6.25. The van der Waals surface area contributed by atoms with Gasteiger partial charge in [-0.1, -0.05) is 0 Å². The Balaban J connectivity index is 1.38. The lowest BCUT2D eigenvalue weighted by atomic mass is 10.1. The van der Waals surface area contributed by atoms with E-state index in [-0.39, 0.29) is 0 Å². The molecule has 1 heterocycles. The van der Waals surface area contributed by atoms with Gasteiger partial charge in [0.2, 0.25) is 0 Å². The Hall–Kier alpha value is -1.57. The van der Waals surface area contributed by atoms with Gasteiger partial charge >= 0.3 is 0 Å². The van der Waals surface area contributed by atoms with E-state index in [2.05, 4.69) is 11.4 Å². The van der Waals surface area contributed by atoms with E-state index in [0.29, 0.717) is 24.3 Å². The lowest BCUT2D eigenvalue weighted by molar-refractivity contribution is 0.0804. The van der Waals surface area contributed by atoms with Crippen molar-refractivity contribution < 1.29 is 9.47 Å². The van der Waals surface area contributed by atoms with Gasteiger partial charge in [-0.25, -0.2) is 0 Å². The quantitative estimate of drug-likeness (QED) is 0.806. The minimum absolute atomic E-state index is 0.421. The van der Waals surface area contributed by atoms with Gasteiger partial charge in [0.1, 0.15) is 12.4 Å². The molecule has 1 aromatic carbocycles. The van der Waals surface area contributed by atoms with E-state index in [1.165, 1.54) is 12.8 Å². The van der Waals surface area contributed by atoms with Crippen LogP contribution in [0.2, 0.25) is 0 Å². The molecule has 4 nitrogen and oxygen atoms in total. The van der Waals surface area contributed by atoms with Crippen molar-refractivity contribution in [2.24, 2.45) is 5.92 Å². The number of benzene rings is 1. The first-order chi connectivity index (χ1) is 9.86. The van der Waals surface area contributed by atoms with E-state index < -0.39 is 0 Å². The van der Waals surface area contributed by atoms with Gasteiger partial charge in [-0.05, 0) is 49.4 Å². The third-order valence-electron chi connectivity index (χ3n) is 3.98. The average molecular weight is 272 g/mol. The summed E-state index contributed by atoms with van der Waals surface area (Å²) in [5.74, 6) is 1.60. The molecule has 0 amide bonds. The summed E-state index contributed by atoms with van der Waals surface area (Å²) in [4.78, 5) is 0. The lowest BCUT2D eigenvalue weighted by Gasteiger charge is -2.19. The number of nitrogens with zero attached hydrogens (tertiary/aromatic N) is 1. The molecule has 106 valence electrons. The largest absolute Gasteiger partial charge is 0.492 e. The van der Waals surface area contributed by atoms with Crippen LogP contribution in [0.3, 0.4) is 0 Å². The summed E-state index contributed by atoms with van der Waals surface area (Å²) in [6.07, 6.45) is 4.18. The second-order valence-electron chi connectivity index (χ2n) is 5.51. The van der Waals surface area contributed by atoms with Crippen molar-refractivity contribution in [1.82, 2.24) is 5.32 Å². The van der Waals surface area contributed by atoms with Crippen LogP contribution in [0.4, 0.5) is 0 Å². The van der Waals surface area contributed by atoms with Gasteiger partial charge in [-0.3, -0.25) is 0 Å². The van der Waals surface area contributed by atoms with E-state index in [1.54, 1.807) is 12.1 Å². The van der Waals surface area contributed by atoms with Crippen LogP contribution in [0, 0.1) is 17.2 Å². The molecule has 0 aromatic heterocycles. The van der Waals surface area contributed by atoms with Crippen molar-refractivity contribution in [3.8, 4) is 11.8 Å². The van der Waals surface area contributed by atoms with E-state index in [0.717, 1.165) is 31.2 Å². The Bertz CT molecular complexity index is 476. The topological polar surface area (TPSA) is 54.3 Å². The van der Waals surface area contributed by atoms with Crippen LogP contribution in [0.1, 0.15) is 24.8 Å². The minimum atomic E-state index is 0.421. The van der Waals surface area contributed by atoms with Gasteiger partial charge < -0.3 is 14.8 Å². The van der Waals surface area contributed by atoms with Crippen LogP contribution in [-0.2, 0) is 4.74 Å². The van der Waals surface area contributed by atoms with Gasteiger partial charge in [0.25, 0.3) is 0 Å². The molecule has 1 saturated heterocycles. The van der Waals surface area contributed by atoms with Gasteiger partial charge in [0.05, 0.1) is 17.7 Å². The van der Waals surface area contributed by atoms with Crippen molar-refractivity contribution >= 4 is 0 Å². The predicted molar refractivity (Wildman–Crippen MR) is 75.5 cm³/mol. The lowest BCUT2D eigenvalue weighted by Crippen LogP contribution is -2.39. The third kappa shape index (κ3) is 3.30. The van der Waals surface area contributed by atoms with Gasteiger partial charge in [-0.15, -0.1) is 0 Å². The fourth-order valence-corrected chi connectivity index (χ4v) is 2.76. The SMILES string of the molecule is N#Cc1ccc(OCCN[C@H]2CCO[C@H]2C2CC2)cc1. The molecule has 1 aliphatic heterocycles. The van der Waals surface area contributed by atoms with Crippen LogP contribution in [0.15, 0.2) is 24.3 Å². The van der Waals surface area contributed by atoms with Crippen LogP contribution >= 0.6 is 0 Å². The summed E-state index contributed by atoms with van der Waals surface area (Å²) < 4.78 is 11.5. The highest BCUT2D eigenvalue weighted by atomic mass is 16.5. The predicted octanol–water partition coefficient (Wildman–Crippen LogP) is 2.09. The zero-order chi connectivity index (χ0) is 13.8. The first kappa shape index (κ1) is 13.4. The zero-order valence-electron chi connectivity index (χ0n) is 11.5. The van der Waals surface area contributed by atoms with Gasteiger partial charge in [0.15, 0.2) is 0 Å². The summed E-state index contributed by atoms with van der Waals surface area (Å²) in [6.45, 7) is 2.35. The standard InChI is InChI=1S/C16H20N2O2/c17-11-12-1-5-14(6-2-12)19-10-8-18-15-7-9-20-16(15)13-3-4-13/h1-2,5-6,13,15-16,18H,3-4,7-10H2/t15-,16-/m0/s1. The summed E-state index contributed by atoms with van der Waals surface area (Å²) in [7, 11) is 0. The highest BCUT2D eigenvalue weighted by Crippen LogP contribution is 2.38. The van der Waals surface area contributed by atoms with E-state index in [9.17, 15) is 0 Å². The second-order valence-corrected chi connectivity index (χ2v) is 5.51. The maximum atomic E-state index is 8.73. The molecule has 0 unspecified atom stereocenters. The normalized spacial score (nSPS) is 25.4. The number of nitrogens with one attached hydrogen (secondary N) is 1. The van der Waals surface area contributed by atoms with Gasteiger partial charge in [0, 0.05) is 19.2 Å². The van der Waals surface area contributed by atoms with E-state index >= 15 is 0 Å². The van der Waals surface area contributed by atoms with Gasteiger partial charge in [-0.2, -0.15) is 5.26 Å². The number of rotatable bonds is 6. The Morgan fingerprint density at radius 3 is 2.75 bits per heavy atom. The monoisotopic (exact) mass is 272 g/mol. The number of hydrogen-bond acceptors (Lipinski definition) is 4. The molecule has 20 heavy (non-hydrogen) atoms. The minimum Gasteiger partial charge on any atom is -0.492 e. The highest BCUT2D eigenvalue weighted by molar-refractivity contribution is 5.34. The fraction of sp³-hybridized carbons (Fsp3) is 0.562. The first-order valence-corrected chi connectivity index (χ1v) is 7.35. The van der Waals surface area contributed by atoms with E-state index in [1.807, 2.05) is 12.1 Å². The molecule has 1 aliphatic carbocycles. The van der Waals surface area contributed by atoms with Crippen molar-refractivity contribution in [1.29, 1.82) is 5.26 Å². The number of ether oxygens (including phenoxy) is 2. The number of nitriles is 1. The Morgan fingerprint density at radius 1 is 1.25 bits per heavy atom. The highest BCUT2D eigenvalue weighted by Gasteiger charge is 2.40. The van der Waals surface area contributed by atoms with Crippen LogP contribution in [0.5, 0.6) is 5.75 Å². The molecule has 1 N–H and O–H groups in total. The fourth-order valence-electron chi connectivity index (χ4n) is 2.76. The van der Waals surface area contributed by atoms with Crippen LogP contribution in [0.25, 0.3) is 0 Å². The molecule has 2 atom stereocenters. The van der Waals surface area contributed by atoms with Crippen molar-refractivity contribution in [3.05, 3.63) is 29.8 Å². The van der Waals surface area contributed by atoms with Crippen LogP contribution < -0.4 is 10.1 Å². The summed E-state index contributed by atoms with van der Waals surface area (Å²) in [5, 5.41) is 12.3. The Morgan fingerprint density at radius 2 is 2.05 bits per heavy atom. The van der Waals surface area contributed by atoms with Crippen LogP contribution in [-0.4, -0.2) is 31.9 Å². The van der Waals surface area contributed by atoms with E-state index in [4.69, 9.17) is 14.7 Å². The maximum absolute atomic E-state index is 8.73. The molecule has 3 rings (SSSR count). The smallest absolute Gasteiger partial charge is 0.119 e. The third-order valence-corrected chi connectivity index (χ3v) is 3.98. The van der Waals surface area contributed by atoms with Crippen molar-refractivity contribution in [2.75, 3.05) is 19.8 Å². The molecule has 2 aliphatic rings. The molecule has 2 fully saturated rings. The molecule has 0 radical (unpaired) electrons. The Kier molecular flexibility index (Phi) is 4.19. The molecular weight excluding hydrogens is 252 g/mol. The first-order valence-electron chi connectivity index (χ1n) is 7.35. The molecule has 4 heteroatoms. The van der Waals surface area contributed by atoms with Crippen molar-refractivity contribution in [3.63, 3.8) is 0 Å². The maximum Gasteiger partial charge on any atom is 0.119 e. The average Bonchev–Trinajstić information content (AvgIpc) is 3.23. The Labute approximate surface area is 119 Å². The molecule has 1 saturated carbocycles.